The van der Waals surface area contributed by atoms with Crippen LogP contribution in [0.2, 0.25) is 5.02 Å². The quantitative estimate of drug-likeness (QED) is 0.692. The third kappa shape index (κ3) is 4.81. The number of benzene rings is 1. The Hall–Kier alpha value is -3.10. The molecule has 0 unspecified atom stereocenters. The molecule has 1 saturated heterocycles. The number of piperazine rings is 1. The summed E-state index contributed by atoms with van der Waals surface area (Å²) in [4.78, 5) is 33.9. The van der Waals surface area contributed by atoms with Gasteiger partial charge in [-0.3, -0.25) is 4.90 Å². The normalized spacial score (nSPS) is 19.6. The number of anilines is 1. The van der Waals surface area contributed by atoms with Crippen LogP contribution in [-0.2, 0) is 9.53 Å². The highest BCUT2D eigenvalue weighted by atomic mass is 35.5. The second-order valence-electron chi connectivity index (χ2n) is 7.42. The fraction of sp³-hybridized carbons (Fsp3) is 0.318. The van der Waals surface area contributed by atoms with Crippen LogP contribution in [0.5, 0.6) is 0 Å². The van der Waals surface area contributed by atoms with Crippen LogP contribution in [-0.4, -0.2) is 61.7 Å². The number of halogens is 1. The molecule has 2 N–H and O–H groups in total. The summed E-state index contributed by atoms with van der Waals surface area (Å²) in [5, 5.41) is 6.16. The summed E-state index contributed by atoms with van der Waals surface area (Å²) < 4.78 is 5.05. The zero-order chi connectivity index (χ0) is 21.8. The number of amides is 2. The highest BCUT2D eigenvalue weighted by molar-refractivity contribution is 6.30. The van der Waals surface area contributed by atoms with Gasteiger partial charge in [0.25, 0.3) is 0 Å². The maximum Gasteiger partial charge on any atom is 0.338 e. The van der Waals surface area contributed by atoms with Crippen molar-refractivity contribution in [3.05, 3.63) is 70.5 Å². The van der Waals surface area contributed by atoms with E-state index in [-0.39, 0.29) is 6.03 Å². The molecule has 3 heterocycles. The molecule has 1 aromatic carbocycles. The summed E-state index contributed by atoms with van der Waals surface area (Å²) in [6.45, 7) is 3.60. The van der Waals surface area contributed by atoms with Crippen LogP contribution in [0.1, 0.15) is 11.6 Å². The summed E-state index contributed by atoms with van der Waals surface area (Å²) >= 11 is 6.14. The Balaban J connectivity index is 1.55. The van der Waals surface area contributed by atoms with Crippen LogP contribution in [0.25, 0.3) is 0 Å². The molecule has 2 aliphatic rings. The fourth-order valence-electron chi connectivity index (χ4n) is 3.93. The largest absolute Gasteiger partial charge is 0.466 e. The average molecular weight is 442 g/mol. The summed E-state index contributed by atoms with van der Waals surface area (Å²) in [6, 6.07) is 12.0. The highest BCUT2D eigenvalue weighted by Crippen LogP contribution is 2.29. The van der Waals surface area contributed by atoms with Crippen molar-refractivity contribution in [1.82, 2.24) is 20.5 Å². The number of methoxy groups -OCH3 is 1. The zero-order valence-electron chi connectivity index (χ0n) is 17.2. The van der Waals surface area contributed by atoms with Crippen molar-refractivity contribution in [2.75, 3.05) is 44.7 Å². The topological polar surface area (TPSA) is 86.8 Å². The van der Waals surface area contributed by atoms with Gasteiger partial charge in [0.1, 0.15) is 5.82 Å². The van der Waals surface area contributed by atoms with Crippen LogP contribution in [0, 0.1) is 0 Å². The lowest BCUT2D eigenvalue weighted by atomic mass is 9.95. The van der Waals surface area contributed by atoms with Gasteiger partial charge in [-0.1, -0.05) is 29.8 Å². The molecule has 0 saturated carbocycles. The summed E-state index contributed by atoms with van der Waals surface area (Å²) in [5.74, 6) is 0.465. The van der Waals surface area contributed by atoms with Crippen molar-refractivity contribution in [1.29, 1.82) is 0 Å². The van der Waals surface area contributed by atoms with Crippen molar-refractivity contribution in [3.8, 4) is 0 Å². The van der Waals surface area contributed by atoms with Crippen molar-refractivity contribution in [2.45, 2.75) is 6.04 Å². The van der Waals surface area contributed by atoms with Crippen molar-refractivity contribution >= 4 is 29.4 Å². The minimum atomic E-state index is -0.635. The molecule has 1 atom stereocenters. The van der Waals surface area contributed by atoms with E-state index in [0.717, 1.165) is 37.6 Å². The Kier molecular flexibility index (Phi) is 6.39. The Labute approximate surface area is 185 Å². The van der Waals surface area contributed by atoms with Crippen LogP contribution in [0.4, 0.5) is 10.6 Å². The van der Waals surface area contributed by atoms with Gasteiger partial charge in [0, 0.05) is 49.6 Å². The number of esters is 1. The summed E-state index contributed by atoms with van der Waals surface area (Å²) in [5.41, 5.74) is 1.66. The first-order chi connectivity index (χ1) is 15.0. The van der Waals surface area contributed by atoms with Crippen LogP contribution in [0.3, 0.4) is 0 Å². The monoisotopic (exact) mass is 441 g/mol. The summed E-state index contributed by atoms with van der Waals surface area (Å²) in [6.07, 6.45) is 1.79. The number of carbonyl (C=O) groups is 2. The molecule has 0 spiro atoms. The predicted octanol–water partition coefficient (Wildman–Crippen LogP) is 2.34. The number of pyridine rings is 1. The number of nitrogens with one attached hydrogen (secondary N) is 2. The van der Waals surface area contributed by atoms with Gasteiger partial charge in [0.05, 0.1) is 18.7 Å². The van der Waals surface area contributed by atoms with Crippen molar-refractivity contribution in [3.63, 3.8) is 0 Å². The maximum atomic E-state index is 12.7. The minimum absolute atomic E-state index is 0.361. The van der Waals surface area contributed by atoms with E-state index in [2.05, 4.69) is 25.4 Å². The number of carbonyl (C=O) groups excluding carboxylic acids is 2. The van der Waals surface area contributed by atoms with Crippen LogP contribution < -0.4 is 15.5 Å². The molecule has 2 amide bonds. The molecule has 31 heavy (non-hydrogen) atoms. The van der Waals surface area contributed by atoms with E-state index in [1.54, 1.807) is 24.4 Å². The molecule has 0 aliphatic carbocycles. The van der Waals surface area contributed by atoms with E-state index < -0.39 is 12.0 Å². The van der Waals surface area contributed by atoms with Gasteiger partial charge in [-0.2, -0.15) is 0 Å². The van der Waals surface area contributed by atoms with Gasteiger partial charge in [0.2, 0.25) is 0 Å². The molecule has 162 valence electrons. The molecule has 1 aromatic heterocycles. The van der Waals surface area contributed by atoms with Gasteiger partial charge in [-0.05, 0) is 29.8 Å². The van der Waals surface area contributed by atoms with E-state index in [0.29, 0.717) is 22.8 Å². The van der Waals surface area contributed by atoms with Gasteiger partial charge >= 0.3 is 12.0 Å². The van der Waals surface area contributed by atoms with Gasteiger partial charge in [-0.15, -0.1) is 0 Å². The number of aromatic nitrogens is 1. The fourth-order valence-corrected chi connectivity index (χ4v) is 4.13. The van der Waals surface area contributed by atoms with E-state index in [1.165, 1.54) is 7.11 Å². The molecule has 0 radical (unpaired) electrons. The van der Waals surface area contributed by atoms with E-state index in [1.807, 2.05) is 24.3 Å². The maximum absolute atomic E-state index is 12.7. The Morgan fingerprint density at radius 3 is 2.68 bits per heavy atom. The van der Waals surface area contributed by atoms with Gasteiger partial charge in [0.15, 0.2) is 0 Å². The second kappa shape index (κ2) is 9.36. The van der Waals surface area contributed by atoms with Crippen LogP contribution >= 0.6 is 11.6 Å². The average Bonchev–Trinajstić information content (AvgIpc) is 2.79. The minimum Gasteiger partial charge on any atom is -0.466 e. The molecular formula is C22H24ClN5O3. The number of hydrogen-bond donors (Lipinski definition) is 2. The molecule has 4 rings (SSSR count). The molecule has 8 nitrogen and oxygen atoms in total. The smallest absolute Gasteiger partial charge is 0.338 e. The van der Waals surface area contributed by atoms with E-state index in [9.17, 15) is 9.59 Å². The lowest BCUT2D eigenvalue weighted by molar-refractivity contribution is -0.136. The Bertz CT molecular complexity index is 990. The summed E-state index contributed by atoms with van der Waals surface area (Å²) in [7, 11) is 1.34. The van der Waals surface area contributed by atoms with Crippen molar-refractivity contribution in [2.24, 2.45) is 0 Å². The first-order valence-electron chi connectivity index (χ1n) is 10.1. The lowest BCUT2D eigenvalue weighted by Gasteiger charge is -2.37. The third-order valence-corrected chi connectivity index (χ3v) is 5.70. The predicted molar refractivity (Wildman–Crippen MR) is 118 cm³/mol. The standard InChI is InChI=1S/C22H24ClN5O3/c1-31-21(29)19-17(25-22(30)26-20(19)15-5-4-6-16(23)13-15)14-27-9-11-28(12-10-27)18-7-2-3-8-24-18/h2-8,13,20H,9-12,14H2,1H3,(H2,25,26,30)/t20-/m1/s1. The molecule has 2 aromatic rings. The van der Waals surface area contributed by atoms with Gasteiger partial charge in [-0.25, -0.2) is 14.6 Å². The van der Waals surface area contributed by atoms with E-state index in [4.69, 9.17) is 16.3 Å². The molecular weight excluding hydrogens is 418 g/mol. The lowest BCUT2D eigenvalue weighted by Crippen LogP contribution is -2.51. The molecule has 9 heteroatoms. The SMILES string of the molecule is COC(=O)C1=C(CN2CCN(c3ccccn3)CC2)NC(=O)N[C@@H]1c1cccc(Cl)c1. The number of rotatable bonds is 5. The first kappa shape index (κ1) is 21.1. The molecule has 0 bridgehead atoms. The van der Waals surface area contributed by atoms with E-state index >= 15 is 0 Å². The van der Waals surface area contributed by atoms with Crippen molar-refractivity contribution < 1.29 is 14.3 Å². The Morgan fingerprint density at radius 1 is 1.19 bits per heavy atom. The molecule has 1 fully saturated rings. The third-order valence-electron chi connectivity index (χ3n) is 5.47. The first-order valence-corrected chi connectivity index (χ1v) is 10.5. The Morgan fingerprint density at radius 2 is 2.00 bits per heavy atom. The van der Waals surface area contributed by atoms with Crippen LogP contribution in [0.15, 0.2) is 59.9 Å². The number of ether oxygens (including phenoxy) is 1. The number of urea groups is 1. The number of hydrogen-bond acceptors (Lipinski definition) is 6. The van der Waals surface area contributed by atoms with Gasteiger partial charge < -0.3 is 20.3 Å². The highest BCUT2D eigenvalue weighted by Gasteiger charge is 2.34. The number of nitrogens with zero attached hydrogens (tertiary/aromatic N) is 3. The molecule has 2 aliphatic heterocycles. The second-order valence-corrected chi connectivity index (χ2v) is 7.86. The zero-order valence-corrected chi connectivity index (χ0v) is 17.9.